The molecule has 0 fully saturated rings. The number of hydrogen-bond donors (Lipinski definition) is 2. The Morgan fingerprint density at radius 1 is 1.37 bits per heavy atom. The Bertz CT molecular complexity index is 613. The first-order valence-electron chi connectivity index (χ1n) is 5.65. The molecule has 2 rings (SSSR count). The molecular formula is C12H13ClN2O3S. The summed E-state index contributed by atoms with van der Waals surface area (Å²) in [6, 6.07) is 6.62. The molecule has 0 spiro atoms. The van der Waals surface area contributed by atoms with Crippen molar-refractivity contribution in [1.29, 1.82) is 0 Å². The topological polar surface area (TPSA) is 75.3 Å². The van der Waals surface area contributed by atoms with Gasteiger partial charge in [-0.25, -0.2) is 8.42 Å². The van der Waals surface area contributed by atoms with Crippen LogP contribution >= 0.6 is 11.6 Å². The van der Waals surface area contributed by atoms with Gasteiger partial charge in [0.2, 0.25) is 5.91 Å². The van der Waals surface area contributed by atoms with Crippen LogP contribution in [0.15, 0.2) is 35.7 Å². The molecule has 5 nitrogen and oxygen atoms in total. The average molecular weight is 301 g/mol. The van der Waals surface area contributed by atoms with E-state index in [1.807, 2.05) is 0 Å². The van der Waals surface area contributed by atoms with Gasteiger partial charge in [0.1, 0.15) is 0 Å². The summed E-state index contributed by atoms with van der Waals surface area (Å²) in [6.45, 7) is 0.0358. The van der Waals surface area contributed by atoms with Crippen LogP contribution in [0, 0.1) is 0 Å². The minimum Gasteiger partial charge on any atom is -0.375 e. The molecule has 2 N–H and O–H groups in total. The van der Waals surface area contributed by atoms with Crippen molar-refractivity contribution in [3.05, 3.63) is 40.8 Å². The molecule has 19 heavy (non-hydrogen) atoms. The third kappa shape index (κ3) is 3.97. The zero-order valence-corrected chi connectivity index (χ0v) is 11.5. The number of para-hydroxylation sites is 1. The largest absolute Gasteiger partial charge is 0.375 e. The van der Waals surface area contributed by atoms with Gasteiger partial charge in [0, 0.05) is 5.41 Å². The molecule has 0 aliphatic carbocycles. The van der Waals surface area contributed by atoms with Crippen molar-refractivity contribution in [1.82, 2.24) is 5.32 Å². The fourth-order valence-corrected chi connectivity index (χ4v) is 3.14. The smallest absolute Gasteiger partial charge is 0.239 e. The van der Waals surface area contributed by atoms with Gasteiger partial charge >= 0.3 is 0 Å². The SMILES string of the molecule is O=C(CNc1ccccc1Cl)N[C@@H]1C=CS(=O)(=O)C1. The third-order valence-electron chi connectivity index (χ3n) is 2.59. The standard InChI is InChI=1S/C12H13ClN2O3S/c13-10-3-1-2-4-11(10)14-7-12(16)15-9-5-6-19(17,18)8-9/h1-6,9,14H,7-8H2,(H,15,16)/t9-/m1/s1. The van der Waals surface area contributed by atoms with Crippen LogP contribution in [-0.4, -0.2) is 32.7 Å². The van der Waals surface area contributed by atoms with Crippen molar-refractivity contribution >= 4 is 33.0 Å². The Morgan fingerprint density at radius 3 is 2.74 bits per heavy atom. The first-order chi connectivity index (χ1) is 8.96. The predicted molar refractivity (Wildman–Crippen MR) is 74.8 cm³/mol. The summed E-state index contributed by atoms with van der Waals surface area (Å²) in [5, 5.41) is 7.15. The monoisotopic (exact) mass is 300 g/mol. The van der Waals surface area contributed by atoms with Gasteiger partial charge in [-0.3, -0.25) is 4.79 Å². The molecule has 0 aromatic heterocycles. The maximum Gasteiger partial charge on any atom is 0.239 e. The van der Waals surface area contributed by atoms with E-state index in [1.165, 1.54) is 6.08 Å². The predicted octanol–water partition coefficient (Wildman–Crippen LogP) is 1.18. The molecule has 0 saturated carbocycles. The lowest BCUT2D eigenvalue weighted by atomic mass is 10.3. The number of hydrogen-bond acceptors (Lipinski definition) is 4. The van der Waals surface area contributed by atoms with Crippen LogP contribution < -0.4 is 10.6 Å². The molecule has 0 unspecified atom stereocenters. The first-order valence-corrected chi connectivity index (χ1v) is 7.74. The number of carbonyl (C=O) groups is 1. The molecule has 1 aliphatic rings. The quantitative estimate of drug-likeness (QED) is 0.875. The molecule has 0 saturated heterocycles. The van der Waals surface area contributed by atoms with E-state index in [1.54, 1.807) is 24.3 Å². The van der Waals surface area contributed by atoms with Crippen LogP contribution in [0.25, 0.3) is 0 Å². The Kier molecular flexibility index (Phi) is 4.11. The van der Waals surface area contributed by atoms with Gasteiger partial charge in [0.05, 0.1) is 29.0 Å². The second kappa shape index (κ2) is 5.63. The van der Waals surface area contributed by atoms with Crippen molar-refractivity contribution < 1.29 is 13.2 Å². The lowest BCUT2D eigenvalue weighted by Crippen LogP contribution is -2.38. The summed E-state index contributed by atoms with van der Waals surface area (Å²) < 4.78 is 22.4. The summed E-state index contributed by atoms with van der Waals surface area (Å²) in [7, 11) is -3.15. The maximum absolute atomic E-state index is 11.6. The lowest BCUT2D eigenvalue weighted by Gasteiger charge is -2.11. The second-order valence-electron chi connectivity index (χ2n) is 4.17. The van der Waals surface area contributed by atoms with Crippen LogP contribution in [0.3, 0.4) is 0 Å². The average Bonchev–Trinajstić information content (AvgIpc) is 2.67. The van der Waals surface area contributed by atoms with Crippen LogP contribution in [-0.2, 0) is 14.6 Å². The molecule has 1 aromatic carbocycles. The Hall–Kier alpha value is -1.53. The highest BCUT2D eigenvalue weighted by Crippen LogP contribution is 2.19. The first kappa shape index (κ1) is 13.9. The van der Waals surface area contributed by atoms with Gasteiger partial charge in [-0.2, -0.15) is 0 Å². The van der Waals surface area contributed by atoms with Gasteiger partial charge in [-0.1, -0.05) is 23.7 Å². The van der Waals surface area contributed by atoms with Crippen LogP contribution in [0.1, 0.15) is 0 Å². The van der Waals surface area contributed by atoms with Crippen molar-refractivity contribution in [2.24, 2.45) is 0 Å². The van der Waals surface area contributed by atoms with Gasteiger partial charge in [-0.05, 0) is 18.2 Å². The fourth-order valence-electron chi connectivity index (χ4n) is 1.70. The van der Waals surface area contributed by atoms with Gasteiger partial charge in [0.15, 0.2) is 9.84 Å². The van der Waals surface area contributed by atoms with Gasteiger partial charge < -0.3 is 10.6 Å². The number of nitrogens with one attached hydrogen (secondary N) is 2. The second-order valence-corrected chi connectivity index (χ2v) is 6.50. The van der Waals surface area contributed by atoms with E-state index in [2.05, 4.69) is 10.6 Å². The highest BCUT2D eigenvalue weighted by atomic mass is 35.5. The van der Waals surface area contributed by atoms with Crippen LogP contribution in [0.2, 0.25) is 5.02 Å². The zero-order chi connectivity index (χ0) is 13.9. The zero-order valence-electron chi connectivity index (χ0n) is 9.97. The molecule has 102 valence electrons. The van der Waals surface area contributed by atoms with Crippen molar-refractivity contribution in [3.8, 4) is 0 Å². The number of benzene rings is 1. The van der Waals surface area contributed by atoms with Crippen molar-refractivity contribution in [2.75, 3.05) is 17.6 Å². The van der Waals surface area contributed by atoms with Crippen molar-refractivity contribution in [2.45, 2.75) is 6.04 Å². The summed E-state index contributed by atoms with van der Waals surface area (Å²) >= 11 is 5.93. The minimum absolute atomic E-state index is 0.0358. The Balaban J connectivity index is 1.83. The van der Waals surface area contributed by atoms with E-state index in [0.29, 0.717) is 10.7 Å². The molecule has 1 amide bonds. The summed E-state index contributed by atoms with van der Waals surface area (Å²) in [5.41, 5.74) is 0.661. The minimum atomic E-state index is -3.15. The van der Waals surface area contributed by atoms with E-state index in [9.17, 15) is 13.2 Å². The van der Waals surface area contributed by atoms with E-state index in [4.69, 9.17) is 11.6 Å². The number of halogens is 1. The number of anilines is 1. The van der Waals surface area contributed by atoms with Crippen LogP contribution in [0.4, 0.5) is 5.69 Å². The molecule has 1 aliphatic heterocycles. The number of carbonyl (C=O) groups excluding carboxylic acids is 1. The maximum atomic E-state index is 11.6. The van der Waals surface area contributed by atoms with Gasteiger partial charge in [-0.15, -0.1) is 0 Å². The summed E-state index contributed by atoms with van der Waals surface area (Å²) in [5.74, 6) is -0.364. The highest BCUT2D eigenvalue weighted by Gasteiger charge is 2.22. The van der Waals surface area contributed by atoms with E-state index >= 15 is 0 Å². The molecular weight excluding hydrogens is 288 g/mol. The van der Waals surface area contributed by atoms with Gasteiger partial charge in [0.25, 0.3) is 0 Å². The number of rotatable bonds is 4. The molecule has 1 heterocycles. The number of amides is 1. The molecule has 7 heteroatoms. The highest BCUT2D eigenvalue weighted by molar-refractivity contribution is 7.94. The van der Waals surface area contributed by atoms with E-state index in [-0.39, 0.29) is 18.2 Å². The third-order valence-corrected chi connectivity index (χ3v) is 4.31. The molecule has 1 aromatic rings. The summed E-state index contributed by atoms with van der Waals surface area (Å²) in [4.78, 5) is 11.6. The molecule has 0 bridgehead atoms. The van der Waals surface area contributed by atoms with Crippen LogP contribution in [0.5, 0.6) is 0 Å². The Labute approximate surface area is 116 Å². The van der Waals surface area contributed by atoms with Crippen molar-refractivity contribution in [3.63, 3.8) is 0 Å². The molecule has 1 atom stereocenters. The van der Waals surface area contributed by atoms with E-state index in [0.717, 1.165) is 5.41 Å². The normalized spacial score (nSPS) is 20.2. The Morgan fingerprint density at radius 2 is 2.11 bits per heavy atom. The fraction of sp³-hybridized carbons (Fsp3) is 0.250. The lowest BCUT2D eigenvalue weighted by molar-refractivity contribution is -0.119. The molecule has 0 radical (unpaired) electrons. The number of sulfone groups is 1. The van der Waals surface area contributed by atoms with E-state index < -0.39 is 15.9 Å². The summed E-state index contributed by atoms with van der Waals surface area (Å²) in [6.07, 6.45) is 1.47.